The number of hydrogen-bond acceptors (Lipinski definition) is 2. The second-order valence-corrected chi connectivity index (χ2v) is 3.94. The Balaban J connectivity index is 3.08. The van der Waals surface area contributed by atoms with Crippen molar-refractivity contribution in [1.29, 1.82) is 0 Å². The number of aliphatic carboxylic acids is 1. The number of benzene rings is 1. The molecule has 1 rings (SSSR count). The molecular formula is C11H12F3NO2. The second-order valence-electron chi connectivity index (χ2n) is 3.94. The Bertz CT molecular complexity index is 431. The highest BCUT2D eigenvalue weighted by molar-refractivity contribution is 5.80. The zero-order valence-corrected chi connectivity index (χ0v) is 9.08. The van der Waals surface area contributed by atoms with E-state index in [0.717, 1.165) is 5.56 Å². The van der Waals surface area contributed by atoms with Crippen LogP contribution >= 0.6 is 0 Å². The lowest BCUT2D eigenvalue weighted by molar-refractivity contribution is -0.201. The van der Waals surface area contributed by atoms with Gasteiger partial charge in [-0.15, -0.1) is 0 Å². The van der Waals surface area contributed by atoms with Gasteiger partial charge < -0.3 is 10.8 Å². The van der Waals surface area contributed by atoms with E-state index >= 15 is 0 Å². The molecule has 0 heterocycles. The van der Waals surface area contributed by atoms with Crippen molar-refractivity contribution in [1.82, 2.24) is 0 Å². The molecule has 6 heteroatoms. The van der Waals surface area contributed by atoms with Crippen LogP contribution in [0, 0.1) is 6.92 Å². The Morgan fingerprint density at radius 3 is 2.41 bits per heavy atom. The third-order valence-electron chi connectivity index (χ3n) is 2.45. The maximum Gasteiger partial charge on any atom is 0.417 e. The summed E-state index contributed by atoms with van der Waals surface area (Å²) in [6.07, 6.45) is -5.78. The molecule has 0 aromatic heterocycles. The first kappa shape index (κ1) is 13.5. The van der Waals surface area contributed by atoms with Crippen molar-refractivity contribution in [2.75, 3.05) is 0 Å². The van der Waals surface area contributed by atoms with Crippen LogP contribution in [0.25, 0.3) is 0 Å². The molecule has 17 heavy (non-hydrogen) atoms. The normalized spacial score (nSPS) is 15.4. The molecule has 0 bridgehead atoms. The number of carboxylic acid groups (broad SMARTS) is 1. The van der Waals surface area contributed by atoms with Crippen molar-refractivity contribution >= 4 is 5.97 Å². The number of halogens is 3. The monoisotopic (exact) mass is 247 g/mol. The van der Waals surface area contributed by atoms with Crippen molar-refractivity contribution in [3.63, 3.8) is 0 Å². The highest BCUT2D eigenvalue weighted by Crippen LogP contribution is 2.31. The van der Waals surface area contributed by atoms with Gasteiger partial charge in [0.1, 0.15) is 0 Å². The molecule has 1 aromatic carbocycles. The van der Waals surface area contributed by atoms with Crippen molar-refractivity contribution < 1.29 is 23.1 Å². The molecule has 1 unspecified atom stereocenters. The van der Waals surface area contributed by atoms with Crippen LogP contribution in [-0.2, 0) is 11.2 Å². The van der Waals surface area contributed by atoms with Crippen LogP contribution in [0.4, 0.5) is 13.2 Å². The van der Waals surface area contributed by atoms with Gasteiger partial charge in [-0.1, -0.05) is 29.8 Å². The summed E-state index contributed by atoms with van der Waals surface area (Å²) >= 11 is 0. The van der Waals surface area contributed by atoms with Crippen LogP contribution in [0.1, 0.15) is 11.1 Å². The number of carboxylic acids is 1. The van der Waals surface area contributed by atoms with Gasteiger partial charge in [0, 0.05) is 6.42 Å². The molecule has 0 aliphatic heterocycles. The third-order valence-corrected chi connectivity index (χ3v) is 2.45. The molecule has 0 amide bonds. The summed E-state index contributed by atoms with van der Waals surface area (Å²) in [6.45, 7) is 1.70. The number of rotatable bonds is 3. The quantitative estimate of drug-likeness (QED) is 0.857. The molecular weight excluding hydrogens is 235 g/mol. The second kappa shape index (κ2) is 4.37. The van der Waals surface area contributed by atoms with Crippen LogP contribution in [0.5, 0.6) is 0 Å². The summed E-state index contributed by atoms with van der Waals surface area (Å²) in [6, 6.07) is 6.17. The summed E-state index contributed by atoms with van der Waals surface area (Å²) in [5.41, 5.74) is 2.72. The van der Waals surface area contributed by atoms with Gasteiger partial charge in [0.05, 0.1) is 0 Å². The van der Waals surface area contributed by atoms with E-state index in [4.69, 9.17) is 10.8 Å². The first-order chi connectivity index (χ1) is 7.67. The average molecular weight is 247 g/mol. The smallest absolute Gasteiger partial charge is 0.417 e. The molecule has 3 N–H and O–H groups in total. The van der Waals surface area contributed by atoms with Gasteiger partial charge in [0.15, 0.2) is 0 Å². The predicted octanol–water partition coefficient (Wildman–Crippen LogP) is 1.88. The maximum absolute atomic E-state index is 12.6. The Morgan fingerprint density at radius 1 is 1.41 bits per heavy atom. The van der Waals surface area contributed by atoms with Crippen LogP contribution in [0.3, 0.4) is 0 Å². The average Bonchev–Trinajstić information content (AvgIpc) is 2.15. The minimum atomic E-state index is -5.00. The third kappa shape index (κ3) is 2.76. The van der Waals surface area contributed by atoms with Gasteiger partial charge in [-0.2, -0.15) is 13.2 Å². The van der Waals surface area contributed by atoms with Crippen LogP contribution < -0.4 is 5.73 Å². The highest BCUT2D eigenvalue weighted by Gasteiger charge is 2.58. The van der Waals surface area contributed by atoms with E-state index in [1.807, 2.05) is 0 Å². The van der Waals surface area contributed by atoms with Crippen molar-refractivity contribution in [3.05, 3.63) is 35.4 Å². The predicted molar refractivity (Wildman–Crippen MR) is 55.5 cm³/mol. The van der Waals surface area contributed by atoms with Crippen LogP contribution in [0.15, 0.2) is 24.3 Å². The summed E-state index contributed by atoms with van der Waals surface area (Å²) < 4.78 is 37.9. The fourth-order valence-corrected chi connectivity index (χ4v) is 1.44. The van der Waals surface area contributed by atoms with E-state index < -0.39 is 24.1 Å². The molecule has 0 radical (unpaired) electrons. The standard InChI is InChI=1S/C11H12F3NO2/c1-7-3-2-4-8(5-7)6-10(15,9(16)17)11(12,13)14/h2-5H,6,15H2,1H3,(H,16,17). The summed E-state index contributed by atoms with van der Waals surface area (Å²) in [7, 11) is 0. The van der Waals surface area contributed by atoms with E-state index in [1.165, 1.54) is 12.1 Å². The molecule has 0 fully saturated rings. The lowest BCUT2D eigenvalue weighted by Crippen LogP contribution is -2.61. The van der Waals surface area contributed by atoms with Crippen LogP contribution in [0.2, 0.25) is 0 Å². The SMILES string of the molecule is Cc1cccc(CC(N)(C(=O)O)C(F)(F)F)c1. The van der Waals surface area contributed by atoms with Crippen LogP contribution in [-0.4, -0.2) is 22.8 Å². The summed E-state index contributed by atoms with van der Waals surface area (Å²) in [4.78, 5) is 10.7. The first-order valence-corrected chi connectivity index (χ1v) is 4.81. The Kier molecular flexibility index (Phi) is 3.47. The lowest BCUT2D eigenvalue weighted by atomic mass is 9.90. The van der Waals surface area contributed by atoms with E-state index in [0.29, 0.717) is 0 Å². The summed E-state index contributed by atoms with van der Waals surface area (Å²) in [5, 5.41) is 8.65. The first-order valence-electron chi connectivity index (χ1n) is 4.81. The van der Waals surface area contributed by atoms with E-state index in [-0.39, 0.29) is 5.56 Å². The maximum atomic E-state index is 12.6. The van der Waals surface area contributed by atoms with E-state index in [2.05, 4.69) is 0 Å². The van der Waals surface area contributed by atoms with E-state index in [1.54, 1.807) is 19.1 Å². The molecule has 0 saturated carbocycles. The molecule has 1 atom stereocenters. The Hall–Kier alpha value is -1.56. The Morgan fingerprint density at radius 2 is 2.00 bits per heavy atom. The van der Waals surface area contributed by atoms with Crippen molar-refractivity contribution in [2.24, 2.45) is 5.73 Å². The fourth-order valence-electron chi connectivity index (χ4n) is 1.44. The fraction of sp³-hybridized carbons (Fsp3) is 0.364. The van der Waals surface area contributed by atoms with E-state index in [9.17, 15) is 18.0 Å². The number of hydrogen-bond donors (Lipinski definition) is 2. The molecule has 0 saturated heterocycles. The van der Waals surface area contributed by atoms with Crippen molar-refractivity contribution in [2.45, 2.75) is 25.1 Å². The zero-order chi connectivity index (χ0) is 13.3. The number of carbonyl (C=O) groups is 1. The zero-order valence-electron chi connectivity index (χ0n) is 9.08. The number of nitrogens with two attached hydrogens (primary N) is 1. The lowest BCUT2D eigenvalue weighted by Gasteiger charge is -2.27. The number of aryl methyl sites for hydroxylation is 1. The van der Waals surface area contributed by atoms with Gasteiger partial charge in [0.25, 0.3) is 0 Å². The molecule has 3 nitrogen and oxygen atoms in total. The minimum absolute atomic E-state index is 0.243. The molecule has 0 aliphatic carbocycles. The molecule has 0 spiro atoms. The highest BCUT2D eigenvalue weighted by atomic mass is 19.4. The van der Waals surface area contributed by atoms with Gasteiger partial charge >= 0.3 is 12.1 Å². The minimum Gasteiger partial charge on any atom is -0.480 e. The number of alkyl halides is 3. The topological polar surface area (TPSA) is 63.3 Å². The molecule has 1 aromatic rings. The largest absolute Gasteiger partial charge is 0.480 e. The van der Waals surface area contributed by atoms with Gasteiger partial charge in [-0.05, 0) is 12.5 Å². The van der Waals surface area contributed by atoms with Gasteiger partial charge in [0.2, 0.25) is 5.54 Å². The Labute approximate surface area is 96.0 Å². The van der Waals surface area contributed by atoms with Crippen molar-refractivity contribution in [3.8, 4) is 0 Å². The molecule has 94 valence electrons. The summed E-state index contributed by atoms with van der Waals surface area (Å²) in [5.74, 6) is -2.08. The van der Waals surface area contributed by atoms with Gasteiger partial charge in [-0.25, -0.2) is 4.79 Å². The van der Waals surface area contributed by atoms with Gasteiger partial charge in [-0.3, -0.25) is 0 Å². The molecule has 0 aliphatic rings.